The maximum Gasteiger partial charge on any atom is 0.326 e. The van der Waals surface area contributed by atoms with Crippen LogP contribution in [-0.2, 0) is 9.09 Å². The van der Waals surface area contributed by atoms with Crippen molar-refractivity contribution >= 4 is 7.60 Å². The van der Waals surface area contributed by atoms with Crippen molar-refractivity contribution in [1.82, 2.24) is 0 Å². The van der Waals surface area contributed by atoms with Gasteiger partial charge in [-0.1, -0.05) is 5.92 Å². The Hall–Kier alpha value is -0.290. The van der Waals surface area contributed by atoms with Gasteiger partial charge in [-0.3, -0.25) is 9.09 Å². The van der Waals surface area contributed by atoms with Crippen LogP contribution in [0.4, 0.5) is 0 Å². The minimum atomic E-state index is -3.45. The molecule has 1 N–H and O–H groups in total. The van der Waals surface area contributed by atoms with Crippen molar-refractivity contribution in [1.29, 1.82) is 0 Å². The molecule has 0 aromatic heterocycles. The quantitative estimate of drug-likeness (QED) is 0.490. The van der Waals surface area contributed by atoms with Crippen LogP contribution >= 0.6 is 7.60 Å². The zero-order chi connectivity index (χ0) is 8.41. The van der Waals surface area contributed by atoms with Crippen molar-refractivity contribution < 1.29 is 14.0 Å². The second kappa shape index (κ2) is 2.75. The Morgan fingerprint density at radius 2 is 2.10 bits per heavy atom. The molecule has 0 amide bonds. The zero-order valence-corrected chi connectivity index (χ0v) is 7.18. The molecule has 0 spiro atoms. The van der Waals surface area contributed by atoms with Crippen molar-refractivity contribution in [3.63, 3.8) is 0 Å². The fraction of sp³-hybridized carbons (Fsp3) is 0.667. The lowest BCUT2D eigenvalue weighted by molar-refractivity contribution is 0.150. The van der Waals surface area contributed by atoms with Crippen LogP contribution in [0.15, 0.2) is 0 Å². The maximum atomic E-state index is 10.6. The number of hydrogen-bond acceptors (Lipinski definition) is 2. The first-order valence-corrected chi connectivity index (χ1v) is 4.78. The molecule has 4 heteroatoms. The van der Waals surface area contributed by atoms with Crippen LogP contribution in [0.1, 0.15) is 13.8 Å². The molecule has 0 aliphatic heterocycles. The molecule has 0 aliphatic rings. The van der Waals surface area contributed by atoms with Crippen LogP contribution in [0, 0.1) is 12.3 Å². The summed E-state index contributed by atoms with van der Waals surface area (Å²) in [5.41, 5.74) is -0.959. The molecule has 0 bridgehead atoms. The third-order valence-corrected chi connectivity index (χ3v) is 1.54. The molecule has 3 nitrogen and oxygen atoms in total. The first kappa shape index (κ1) is 9.71. The first-order valence-electron chi connectivity index (χ1n) is 2.76. The lowest BCUT2D eigenvalue weighted by atomic mass is 10.2. The second-order valence-corrected chi connectivity index (χ2v) is 4.34. The van der Waals surface area contributed by atoms with Gasteiger partial charge < -0.3 is 4.89 Å². The lowest BCUT2D eigenvalue weighted by Crippen LogP contribution is -2.19. The number of terminal acetylenes is 1. The Labute approximate surface area is 60.9 Å². The highest BCUT2D eigenvalue weighted by Crippen LogP contribution is 2.41. The van der Waals surface area contributed by atoms with E-state index in [1.54, 1.807) is 13.8 Å². The van der Waals surface area contributed by atoms with Crippen molar-refractivity contribution in [2.45, 2.75) is 19.4 Å². The Balaban J connectivity index is 4.20. The highest BCUT2D eigenvalue weighted by molar-refractivity contribution is 7.51. The summed E-state index contributed by atoms with van der Waals surface area (Å²) in [7, 11) is -3.45. The van der Waals surface area contributed by atoms with E-state index in [0.29, 0.717) is 0 Å². The predicted molar refractivity (Wildman–Crippen MR) is 39.7 cm³/mol. The van der Waals surface area contributed by atoms with Gasteiger partial charge in [0.15, 0.2) is 0 Å². The molecular formula is C6H11O3P. The summed E-state index contributed by atoms with van der Waals surface area (Å²) in [5.74, 6) is 2.24. The molecule has 0 heterocycles. The van der Waals surface area contributed by atoms with Gasteiger partial charge in [0.1, 0.15) is 5.60 Å². The van der Waals surface area contributed by atoms with Crippen LogP contribution < -0.4 is 0 Å². The van der Waals surface area contributed by atoms with Crippen molar-refractivity contribution in [3.8, 4) is 12.3 Å². The largest absolute Gasteiger partial charge is 0.326 e. The van der Waals surface area contributed by atoms with Crippen LogP contribution in [0.5, 0.6) is 0 Å². The molecule has 0 saturated carbocycles. The molecule has 10 heavy (non-hydrogen) atoms. The SMILES string of the molecule is C#CC(C)(C)OP(C)(=O)O. The summed E-state index contributed by atoms with van der Waals surface area (Å²) in [6.07, 6.45) is 5.01. The van der Waals surface area contributed by atoms with Crippen LogP contribution in [0.25, 0.3) is 0 Å². The summed E-state index contributed by atoms with van der Waals surface area (Å²) in [4.78, 5) is 8.72. The lowest BCUT2D eigenvalue weighted by Gasteiger charge is -2.19. The van der Waals surface area contributed by atoms with Crippen molar-refractivity contribution in [3.05, 3.63) is 0 Å². The monoisotopic (exact) mass is 162 g/mol. The van der Waals surface area contributed by atoms with E-state index in [-0.39, 0.29) is 0 Å². The molecular weight excluding hydrogens is 151 g/mol. The fourth-order valence-electron chi connectivity index (χ4n) is 0.450. The predicted octanol–water partition coefficient (Wildman–Crippen LogP) is 1.23. The smallest absolute Gasteiger partial charge is 0.324 e. The van der Waals surface area contributed by atoms with Gasteiger partial charge in [0.25, 0.3) is 0 Å². The maximum absolute atomic E-state index is 10.6. The Bertz CT molecular complexity index is 196. The molecule has 0 aromatic carbocycles. The molecule has 0 saturated heterocycles. The summed E-state index contributed by atoms with van der Waals surface area (Å²) in [6.45, 7) is 4.21. The second-order valence-electron chi connectivity index (χ2n) is 2.55. The summed E-state index contributed by atoms with van der Waals surface area (Å²) < 4.78 is 15.3. The number of hydrogen-bond donors (Lipinski definition) is 1. The normalized spacial score (nSPS) is 17.5. The summed E-state index contributed by atoms with van der Waals surface area (Å²) in [5, 5.41) is 0. The van der Waals surface area contributed by atoms with Gasteiger partial charge in [0, 0.05) is 6.66 Å². The van der Waals surface area contributed by atoms with E-state index in [1.807, 2.05) is 0 Å². The van der Waals surface area contributed by atoms with Crippen molar-refractivity contribution in [2.75, 3.05) is 6.66 Å². The van der Waals surface area contributed by atoms with E-state index < -0.39 is 13.2 Å². The van der Waals surface area contributed by atoms with E-state index in [1.165, 1.54) is 0 Å². The van der Waals surface area contributed by atoms with Gasteiger partial charge in [-0.05, 0) is 13.8 Å². The molecule has 1 atom stereocenters. The fourth-order valence-corrected chi connectivity index (χ4v) is 1.35. The van der Waals surface area contributed by atoms with E-state index in [4.69, 9.17) is 11.3 Å². The van der Waals surface area contributed by atoms with E-state index >= 15 is 0 Å². The third-order valence-electron chi connectivity index (χ3n) is 0.745. The Morgan fingerprint density at radius 1 is 1.70 bits per heavy atom. The first-order chi connectivity index (χ1) is 4.27. The molecule has 1 unspecified atom stereocenters. The van der Waals surface area contributed by atoms with Gasteiger partial charge in [-0.25, -0.2) is 0 Å². The topological polar surface area (TPSA) is 46.5 Å². The van der Waals surface area contributed by atoms with Gasteiger partial charge >= 0.3 is 7.60 Å². The molecule has 0 radical (unpaired) electrons. The van der Waals surface area contributed by atoms with Gasteiger partial charge in [-0.15, -0.1) is 6.42 Å². The van der Waals surface area contributed by atoms with Crippen LogP contribution in [0.2, 0.25) is 0 Å². The van der Waals surface area contributed by atoms with E-state index in [0.717, 1.165) is 6.66 Å². The standard InChI is InChI=1S/C6H11O3P/c1-5-6(2,3)9-10(4,7)8/h1H,2-4H3,(H,7,8). The van der Waals surface area contributed by atoms with Crippen LogP contribution in [0.3, 0.4) is 0 Å². The summed E-state index contributed by atoms with van der Waals surface area (Å²) >= 11 is 0. The molecule has 0 rings (SSSR count). The van der Waals surface area contributed by atoms with Crippen LogP contribution in [-0.4, -0.2) is 17.2 Å². The third kappa shape index (κ3) is 4.58. The van der Waals surface area contributed by atoms with Gasteiger partial charge in [0.2, 0.25) is 0 Å². The molecule has 0 fully saturated rings. The Kier molecular flexibility index (Phi) is 2.67. The van der Waals surface area contributed by atoms with E-state index in [9.17, 15) is 4.57 Å². The minimum absolute atomic E-state index is 0.959. The molecule has 0 aromatic rings. The average Bonchev–Trinajstić information content (AvgIpc) is 1.60. The highest BCUT2D eigenvalue weighted by atomic mass is 31.2. The highest BCUT2D eigenvalue weighted by Gasteiger charge is 2.23. The average molecular weight is 162 g/mol. The van der Waals surface area contributed by atoms with E-state index in [2.05, 4.69) is 10.4 Å². The number of rotatable bonds is 2. The molecule has 0 aliphatic carbocycles. The van der Waals surface area contributed by atoms with Gasteiger partial charge in [-0.2, -0.15) is 0 Å². The van der Waals surface area contributed by atoms with Crippen molar-refractivity contribution in [2.24, 2.45) is 0 Å². The summed E-state index contributed by atoms with van der Waals surface area (Å²) in [6, 6.07) is 0. The molecule has 58 valence electrons. The zero-order valence-electron chi connectivity index (χ0n) is 6.29. The van der Waals surface area contributed by atoms with Gasteiger partial charge in [0.05, 0.1) is 0 Å². The Morgan fingerprint density at radius 3 is 2.20 bits per heavy atom. The minimum Gasteiger partial charge on any atom is -0.324 e.